The highest BCUT2D eigenvalue weighted by atomic mass is 16.2. The number of primary amides is 1. The van der Waals surface area contributed by atoms with Gasteiger partial charge >= 0.3 is 6.03 Å². The zero-order valence-electron chi connectivity index (χ0n) is 12.9. The molecule has 7 heteroatoms. The molecule has 0 saturated heterocycles. The summed E-state index contributed by atoms with van der Waals surface area (Å²) in [6.07, 6.45) is 0. The Bertz CT molecular complexity index is 361. The van der Waals surface area contributed by atoms with Gasteiger partial charge in [-0.1, -0.05) is 13.8 Å². The Labute approximate surface area is 120 Å². The first-order valence-corrected chi connectivity index (χ1v) is 6.62. The Morgan fingerprint density at radius 3 is 2.10 bits per heavy atom. The van der Waals surface area contributed by atoms with Gasteiger partial charge in [0, 0.05) is 12.1 Å². The third-order valence-corrected chi connectivity index (χ3v) is 2.11. The normalized spacial score (nSPS) is 11.6. The van der Waals surface area contributed by atoms with Gasteiger partial charge in [-0.05, 0) is 26.7 Å². The molecule has 0 aliphatic heterocycles. The number of carbonyl (C=O) groups is 3. The van der Waals surface area contributed by atoms with Crippen molar-refractivity contribution in [2.75, 3.05) is 19.6 Å². The minimum Gasteiger partial charge on any atom is -0.369 e. The highest BCUT2D eigenvalue weighted by Crippen LogP contribution is 1.99. The molecule has 0 radical (unpaired) electrons. The second-order valence-corrected chi connectivity index (χ2v) is 6.28. The lowest BCUT2D eigenvalue weighted by atomic mass is 10.1. The lowest BCUT2D eigenvalue weighted by molar-refractivity contribution is -0.123. The van der Waals surface area contributed by atoms with Crippen LogP contribution < -0.4 is 16.4 Å². The van der Waals surface area contributed by atoms with Crippen LogP contribution >= 0.6 is 0 Å². The summed E-state index contributed by atoms with van der Waals surface area (Å²) in [6.45, 7) is 9.89. The van der Waals surface area contributed by atoms with Crippen molar-refractivity contribution in [2.45, 2.75) is 40.2 Å². The van der Waals surface area contributed by atoms with Crippen molar-refractivity contribution in [3.05, 3.63) is 0 Å². The number of nitrogens with two attached hydrogens (primary N) is 1. The van der Waals surface area contributed by atoms with Crippen LogP contribution in [0.15, 0.2) is 0 Å². The molecule has 4 amide bonds. The van der Waals surface area contributed by atoms with E-state index in [0.717, 1.165) is 0 Å². The zero-order chi connectivity index (χ0) is 15.9. The third-order valence-electron chi connectivity index (χ3n) is 2.11. The fourth-order valence-corrected chi connectivity index (χ4v) is 1.66. The van der Waals surface area contributed by atoms with Crippen LogP contribution in [-0.4, -0.2) is 47.9 Å². The highest BCUT2D eigenvalue weighted by molar-refractivity contribution is 5.95. The van der Waals surface area contributed by atoms with Crippen LogP contribution in [0.4, 0.5) is 4.79 Å². The van der Waals surface area contributed by atoms with E-state index in [-0.39, 0.29) is 19.0 Å². The minimum absolute atomic E-state index is 0.00745. The molecule has 0 heterocycles. The van der Waals surface area contributed by atoms with Crippen molar-refractivity contribution in [1.29, 1.82) is 0 Å². The molecule has 0 aromatic rings. The van der Waals surface area contributed by atoms with Gasteiger partial charge in [0.2, 0.25) is 11.8 Å². The number of nitrogens with zero attached hydrogens (tertiary/aromatic N) is 1. The molecule has 0 aromatic carbocycles. The highest BCUT2D eigenvalue weighted by Gasteiger charge is 2.18. The summed E-state index contributed by atoms with van der Waals surface area (Å²) in [5.74, 6) is -0.684. The van der Waals surface area contributed by atoms with Gasteiger partial charge in [-0.25, -0.2) is 4.79 Å². The molecule has 0 rings (SSSR count). The molecule has 4 N–H and O–H groups in total. The van der Waals surface area contributed by atoms with E-state index < -0.39 is 23.4 Å². The molecular weight excluding hydrogens is 260 g/mol. The van der Waals surface area contributed by atoms with E-state index in [1.807, 2.05) is 34.6 Å². The van der Waals surface area contributed by atoms with Gasteiger partial charge in [0.05, 0.1) is 13.1 Å². The van der Waals surface area contributed by atoms with Crippen LogP contribution in [0, 0.1) is 5.92 Å². The molecule has 7 nitrogen and oxygen atoms in total. The quantitative estimate of drug-likeness (QED) is 0.642. The van der Waals surface area contributed by atoms with E-state index in [1.165, 1.54) is 0 Å². The van der Waals surface area contributed by atoms with Crippen molar-refractivity contribution in [2.24, 2.45) is 11.7 Å². The number of carbonyl (C=O) groups excluding carboxylic acids is 3. The van der Waals surface area contributed by atoms with Gasteiger partial charge in [0.25, 0.3) is 0 Å². The number of urea groups is 1. The average molecular weight is 286 g/mol. The molecule has 0 fully saturated rings. The van der Waals surface area contributed by atoms with Crippen LogP contribution in [0.3, 0.4) is 0 Å². The fraction of sp³-hybridized carbons (Fsp3) is 0.769. The van der Waals surface area contributed by atoms with E-state index in [1.54, 1.807) is 4.90 Å². The second kappa shape index (κ2) is 7.84. The smallest absolute Gasteiger partial charge is 0.321 e. The summed E-state index contributed by atoms with van der Waals surface area (Å²) < 4.78 is 0. The van der Waals surface area contributed by atoms with E-state index in [9.17, 15) is 14.4 Å². The maximum atomic E-state index is 11.7. The maximum absolute atomic E-state index is 11.7. The fourth-order valence-electron chi connectivity index (χ4n) is 1.66. The van der Waals surface area contributed by atoms with Crippen LogP contribution in [0.25, 0.3) is 0 Å². The van der Waals surface area contributed by atoms with Crippen molar-refractivity contribution in [3.8, 4) is 0 Å². The van der Waals surface area contributed by atoms with Crippen LogP contribution in [0.2, 0.25) is 0 Å². The number of imide groups is 1. The monoisotopic (exact) mass is 286 g/mol. The Morgan fingerprint density at radius 1 is 1.15 bits per heavy atom. The van der Waals surface area contributed by atoms with E-state index in [4.69, 9.17) is 5.73 Å². The largest absolute Gasteiger partial charge is 0.369 e. The minimum atomic E-state index is -0.550. The second-order valence-electron chi connectivity index (χ2n) is 6.28. The van der Waals surface area contributed by atoms with Gasteiger partial charge in [-0.3, -0.25) is 19.8 Å². The zero-order valence-corrected chi connectivity index (χ0v) is 12.9. The van der Waals surface area contributed by atoms with Gasteiger partial charge in [0.15, 0.2) is 0 Å². The molecule has 0 aliphatic carbocycles. The first kappa shape index (κ1) is 18.4. The molecule has 0 aliphatic rings. The van der Waals surface area contributed by atoms with Gasteiger partial charge < -0.3 is 11.1 Å². The number of nitrogens with one attached hydrogen (secondary N) is 2. The SMILES string of the molecule is CC(C)CN(CC(N)=O)CC(=O)NC(=O)NC(C)(C)C. The van der Waals surface area contributed by atoms with Crippen LogP contribution in [-0.2, 0) is 9.59 Å². The molecule has 0 atom stereocenters. The number of hydrogen-bond donors (Lipinski definition) is 3. The van der Waals surface area contributed by atoms with Crippen molar-refractivity contribution in [3.63, 3.8) is 0 Å². The lowest BCUT2D eigenvalue weighted by Crippen LogP contribution is -2.51. The van der Waals surface area contributed by atoms with E-state index in [0.29, 0.717) is 6.54 Å². The first-order valence-electron chi connectivity index (χ1n) is 6.62. The Balaban J connectivity index is 4.38. The van der Waals surface area contributed by atoms with Gasteiger partial charge in [-0.15, -0.1) is 0 Å². The number of rotatable bonds is 6. The molecule has 0 aromatic heterocycles. The first-order chi connectivity index (χ1) is 8.99. The summed E-state index contributed by atoms with van der Waals surface area (Å²) in [5.41, 5.74) is 4.72. The number of amides is 4. The molecule has 20 heavy (non-hydrogen) atoms. The summed E-state index contributed by atoms with van der Waals surface area (Å²) >= 11 is 0. The Morgan fingerprint density at radius 2 is 1.70 bits per heavy atom. The average Bonchev–Trinajstić information content (AvgIpc) is 2.09. The maximum Gasteiger partial charge on any atom is 0.321 e. The molecule has 0 spiro atoms. The predicted octanol–water partition coefficient (Wildman–Crippen LogP) is 0.0540. The summed E-state index contributed by atoms with van der Waals surface area (Å²) in [4.78, 5) is 35.9. The lowest BCUT2D eigenvalue weighted by Gasteiger charge is -2.23. The van der Waals surface area contributed by atoms with Crippen molar-refractivity contribution < 1.29 is 14.4 Å². The van der Waals surface area contributed by atoms with Gasteiger partial charge in [0.1, 0.15) is 0 Å². The van der Waals surface area contributed by atoms with Gasteiger partial charge in [-0.2, -0.15) is 0 Å². The Hall–Kier alpha value is -1.63. The third kappa shape index (κ3) is 10.3. The topological polar surface area (TPSA) is 105 Å². The van der Waals surface area contributed by atoms with E-state index in [2.05, 4.69) is 10.6 Å². The number of hydrogen-bond acceptors (Lipinski definition) is 4. The molecule has 116 valence electrons. The van der Waals surface area contributed by atoms with Crippen LogP contribution in [0.1, 0.15) is 34.6 Å². The van der Waals surface area contributed by atoms with Crippen molar-refractivity contribution >= 4 is 17.8 Å². The summed E-state index contributed by atoms with van der Waals surface area (Å²) in [6, 6.07) is -0.550. The Kier molecular flexibility index (Phi) is 7.20. The summed E-state index contributed by atoms with van der Waals surface area (Å²) in [7, 11) is 0. The summed E-state index contributed by atoms with van der Waals surface area (Å²) in [5, 5.41) is 4.85. The molecular formula is C13H26N4O3. The molecule has 0 bridgehead atoms. The van der Waals surface area contributed by atoms with Crippen LogP contribution in [0.5, 0.6) is 0 Å². The predicted molar refractivity (Wildman–Crippen MR) is 76.9 cm³/mol. The van der Waals surface area contributed by atoms with E-state index >= 15 is 0 Å². The molecule has 0 unspecified atom stereocenters. The standard InChI is InChI=1S/C13H26N4O3/c1-9(2)6-17(7-10(14)18)8-11(19)15-12(20)16-13(3,4)5/h9H,6-8H2,1-5H3,(H2,14,18)(H2,15,16,19,20). The molecule has 0 saturated carbocycles. The van der Waals surface area contributed by atoms with Crippen molar-refractivity contribution in [1.82, 2.24) is 15.5 Å².